The zero-order chi connectivity index (χ0) is 45.9. The average Bonchev–Trinajstić information content (AvgIpc) is 3.28. The van der Waals surface area contributed by atoms with E-state index in [4.69, 9.17) is 43.5 Å². The molecule has 3 aliphatic carbocycles. The highest BCUT2D eigenvalue weighted by molar-refractivity contribution is 5.90. The topological polar surface area (TPSA) is 185 Å². The molecule has 15 heteroatoms. The number of hydrogen-bond donors (Lipinski definition) is 0. The minimum atomic E-state index is -1.08. The van der Waals surface area contributed by atoms with E-state index < -0.39 is 54.7 Å². The van der Waals surface area contributed by atoms with Gasteiger partial charge in [0, 0.05) is 0 Å². The Bertz CT molecular complexity index is 1920. The van der Waals surface area contributed by atoms with E-state index in [0.717, 1.165) is 71.9 Å². The fraction of sp³-hybridized carbons (Fsp3) is 0.510. The zero-order valence-electron chi connectivity index (χ0n) is 37.3. The SMILES string of the molecule is Cc1ccc(C(=O)OOC(=O)OC2CCC(C(C3CCC(OC(=O)OOC(=O)c4ccc(C)c(C)c4)CC3)C3CCC(OC(=O)OOC(=O)c4ccc(C)c(C)c4)CC3)CC2)cc1C. The molecule has 0 radical (unpaired) electrons. The number of carbonyl (C=O) groups is 6. The molecule has 0 N–H and O–H groups in total. The van der Waals surface area contributed by atoms with Crippen LogP contribution in [0.25, 0.3) is 0 Å². The molecular weight excluding hydrogens is 829 g/mol. The fourth-order valence-electron chi connectivity index (χ4n) is 9.36. The van der Waals surface area contributed by atoms with Crippen LogP contribution in [0.2, 0.25) is 0 Å². The molecule has 6 rings (SSSR count). The first-order valence-corrected chi connectivity index (χ1v) is 22.1. The van der Waals surface area contributed by atoms with Crippen LogP contribution in [0.3, 0.4) is 0 Å². The summed E-state index contributed by atoms with van der Waals surface area (Å²) in [4.78, 5) is 104. The molecule has 3 fully saturated rings. The smallest absolute Gasteiger partial charge is 0.428 e. The molecule has 344 valence electrons. The molecule has 0 spiro atoms. The number of hydrogen-bond acceptors (Lipinski definition) is 15. The largest absolute Gasteiger partial charge is 0.550 e. The van der Waals surface area contributed by atoms with Gasteiger partial charge in [0.15, 0.2) is 0 Å². The van der Waals surface area contributed by atoms with Gasteiger partial charge in [-0.25, -0.2) is 43.7 Å². The van der Waals surface area contributed by atoms with Crippen LogP contribution in [0.5, 0.6) is 0 Å². The van der Waals surface area contributed by atoms with E-state index in [1.807, 2.05) is 41.5 Å². The van der Waals surface area contributed by atoms with Gasteiger partial charge in [-0.05, 0) is 212 Å². The highest BCUT2D eigenvalue weighted by Gasteiger charge is 2.42. The number of benzene rings is 3. The molecular formula is C49H58O15. The number of carbonyl (C=O) groups excluding carboxylic acids is 6. The van der Waals surface area contributed by atoms with Crippen LogP contribution in [0, 0.1) is 65.2 Å². The Morgan fingerprint density at radius 3 is 0.844 bits per heavy atom. The summed E-state index contributed by atoms with van der Waals surface area (Å²) in [5, 5.41) is 0. The standard InChI is InChI=1S/C49H58O15/c1-28-7-10-37(25-31(28)4)44(50)59-62-47(53)56-40-19-13-34(14-20-40)43(35-15-21-41(22-16-35)57-48(54)63-60-45(51)38-11-8-29(2)32(5)26-38)36-17-23-42(24-18-36)58-49(55)64-61-46(52)39-12-9-30(3)33(6)27-39/h7-12,25-27,34-36,40-43H,13-24H2,1-6H3. The molecule has 0 bridgehead atoms. The molecule has 15 nitrogen and oxygen atoms in total. The summed E-state index contributed by atoms with van der Waals surface area (Å²) in [6, 6.07) is 15.1. The molecule has 3 aliphatic rings. The third kappa shape index (κ3) is 13.0. The summed E-state index contributed by atoms with van der Waals surface area (Å²) in [6.07, 6.45) is 3.81. The molecule has 3 aromatic carbocycles. The maximum atomic E-state index is 12.6. The Morgan fingerprint density at radius 1 is 0.359 bits per heavy atom. The van der Waals surface area contributed by atoms with E-state index in [9.17, 15) is 28.8 Å². The van der Waals surface area contributed by atoms with Crippen molar-refractivity contribution in [1.29, 1.82) is 0 Å². The first-order valence-electron chi connectivity index (χ1n) is 22.1. The summed E-state index contributed by atoms with van der Waals surface area (Å²) < 4.78 is 16.7. The Balaban J connectivity index is 1.000. The molecule has 0 aromatic heterocycles. The van der Waals surface area contributed by atoms with Gasteiger partial charge in [-0.3, -0.25) is 0 Å². The number of ether oxygens (including phenoxy) is 3. The Morgan fingerprint density at radius 2 is 0.609 bits per heavy atom. The van der Waals surface area contributed by atoms with E-state index in [0.29, 0.717) is 56.3 Å². The van der Waals surface area contributed by atoms with Crippen molar-refractivity contribution in [2.45, 2.75) is 137 Å². The van der Waals surface area contributed by atoms with Gasteiger partial charge in [-0.15, -0.1) is 0 Å². The third-order valence-corrected chi connectivity index (χ3v) is 13.4. The minimum Gasteiger partial charge on any atom is -0.428 e. The number of aryl methyl sites for hydroxylation is 6. The van der Waals surface area contributed by atoms with Crippen LogP contribution in [-0.2, 0) is 43.5 Å². The lowest BCUT2D eigenvalue weighted by Gasteiger charge is -2.45. The molecule has 0 unspecified atom stereocenters. The third-order valence-electron chi connectivity index (χ3n) is 13.4. The summed E-state index contributed by atoms with van der Waals surface area (Å²) >= 11 is 0. The van der Waals surface area contributed by atoms with Crippen molar-refractivity contribution in [2.75, 3.05) is 0 Å². The second-order valence-electron chi connectivity index (χ2n) is 17.6. The van der Waals surface area contributed by atoms with Crippen LogP contribution >= 0.6 is 0 Å². The predicted octanol–water partition coefficient (Wildman–Crippen LogP) is 10.9. The molecule has 0 aliphatic heterocycles. The van der Waals surface area contributed by atoms with Gasteiger partial charge in [-0.1, -0.05) is 18.2 Å². The molecule has 0 saturated heterocycles. The normalized spacial score (nSPS) is 22.4. The van der Waals surface area contributed by atoms with Crippen molar-refractivity contribution in [2.24, 2.45) is 23.7 Å². The van der Waals surface area contributed by atoms with E-state index in [1.54, 1.807) is 54.6 Å². The van der Waals surface area contributed by atoms with Gasteiger partial charge in [0.1, 0.15) is 18.3 Å². The van der Waals surface area contributed by atoms with Crippen molar-refractivity contribution in [3.05, 3.63) is 105 Å². The monoisotopic (exact) mass is 886 g/mol. The summed E-state index contributed by atoms with van der Waals surface area (Å²) in [5.41, 5.74) is 6.51. The zero-order valence-corrected chi connectivity index (χ0v) is 37.3. The van der Waals surface area contributed by atoms with Gasteiger partial charge < -0.3 is 14.2 Å². The average molecular weight is 887 g/mol. The van der Waals surface area contributed by atoms with Crippen molar-refractivity contribution in [1.82, 2.24) is 0 Å². The molecule has 0 atom stereocenters. The van der Waals surface area contributed by atoms with Crippen LogP contribution in [0.15, 0.2) is 54.6 Å². The maximum Gasteiger partial charge on any atom is 0.550 e. The molecule has 3 aromatic rings. The van der Waals surface area contributed by atoms with E-state index in [-0.39, 0.29) is 22.6 Å². The Hall–Kier alpha value is -6.12. The summed E-state index contributed by atoms with van der Waals surface area (Å²) in [7, 11) is 0. The quantitative estimate of drug-likeness (QED) is 0.0854. The van der Waals surface area contributed by atoms with Gasteiger partial charge >= 0.3 is 36.4 Å². The van der Waals surface area contributed by atoms with Crippen LogP contribution in [-0.4, -0.2) is 54.7 Å². The molecule has 64 heavy (non-hydrogen) atoms. The summed E-state index contributed by atoms with van der Waals surface area (Å²) in [6.45, 7) is 11.4. The Labute approximate surface area is 373 Å². The molecule has 3 saturated carbocycles. The minimum absolute atomic E-state index is 0.257. The first kappa shape index (κ1) is 47.4. The highest BCUT2D eigenvalue weighted by Crippen LogP contribution is 2.48. The van der Waals surface area contributed by atoms with Gasteiger partial charge in [-0.2, -0.15) is 14.4 Å². The van der Waals surface area contributed by atoms with Gasteiger partial charge in [0.2, 0.25) is 0 Å². The van der Waals surface area contributed by atoms with E-state index >= 15 is 0 Å². The van der Waals surface area contributed by atoms with Gasteiger partial charge in [0.05, 0.1) is 16.7 Å². The van der Waals surface area contributed by atoms with Crippen molar-refractivity contribution in [3.8, 4) is 0 Å². The second-order valence-corrected chi connectivity index (χ2v) is 17.6. The fourth-order valence-corrected chi connectivity index (χ4v) is 9.36. The van der Waals surface area contributed by atoms with E-state index in [2.05, 4.69) is 0 Å². The Kier molecular flexibility index (Phi) is 16.3. The van der Waals surface area contributed by atoms with E-state index in [1.165, 1.54) is 0 Å². The van der Waals surface area contributed by atoms with Crippen molar-refractivity contribution in [3.63, 3.8) is 0 Å². The lowest BCUT2D eigenvalue weighted by atomic mass is 9.61. The van der Waals surface area contributed by atoms with Gasteiger partial charge in [0.25, 0.3) is 0 Å². The van der Waals surface area contributed by atoms with Crippen LogP contribution in [0.4, 0.5) is 14.4 Å². The summed E-state index contributed by atoms with van der Waals surface area (Å²) in [5.74, 6) is -1.21. The lowest BCUT2D eigenvalue weighted by molar-refractivity contribution is -0.209. The second kappa shape index (κ2) is 22.0. The molecule has 0 amide bonds. The predicted molar refractivity (Wildman–Crippen MR) is 227 cm³/mol. The van der Waals surface area contributed by atoms with Crippen molar-refractivity contribution >= 4 is 36.4 Å². The number of rotatable bonds is 9. The van der Waals surface area contributed by atoms with Crippen LogP contribution in [0.1, 0.15) is 142 Å². The lowest BCUT2D eigenvalue weighted by Crippen LogP contribution is -2.39. The maximum absolute atomic E-state index is 12.6. The van der Waals surface area contributed by atoms with Crippen molar-refractivity contribution < 1.29 is 72.3 Å². The molecule has 0 heterocycles. The first-order chi connectivity index (χ1) is 30.6. The van der Waals surface area contributed by atoms with Crippen LogP contribution < -0.4 is 0 Å². The highest BCUT2D eigenvalue weighted by atomic mass is 17.2.